The largest absolute Gasteiger partial charge is 0.508 e. The van der Waals surface area contributed by atoms with Gasteiger partial charge in [0.05, 0.1) is 4.92 Å². The number of carbonyl (C=O) groups is 5. The number of anilines is 1. The van der Waals surface area contributed by atoms with E-state index in [9.17, 15) is 39.2 Å². The van der Waals surface area contributed by atoms with E-state index in [1.54, 1.807) is 32.9 Å². The minimum absolute atomic E-state index is 0.0503. The number of aromatic hydroxyl groups is 1. The quantitative estimate of drug-likeness (QED) is 0.138. The lowest BCUT2D eigenvalue weighted by atomic mass is 10.0. The van der Waals surface area contributed by atoms with Gasteiger partial charge in [0.2, 0.25) is 29.5 Å². The number of rotatable bonds is 14. The van der Waals surface area contributed by atoms with Gasteiger partial charge in [-0.2, -0.15) is 0 Å². The van der Waals surface area contributed by atoms with Crippen LogP contribution in [0, 0.1) is 16.0 Å². The monoisotopic (exact) mass is 598 g/mol. The van der Waals surface area contributed by atoms with Crippen LogP contribution in [-0.2, 0) is 30.4 Å². The summed E-state index contributed by atoms with van der Waals surface area (Å²) >= 11 is 0. The van der Waals surface area contributed by atoms with Crippen molar-refractivity contribution in [3.8, 4) is 5.75 Å². The number of phenols is 1. The van der Waals surface area contributed by atoms with Crippen LogP contribution in [0.1, 0.15) is 46.6 Å². The van der Waals surface area contributed by atoms with Crippen molar-refractivity contribution in [2.75, 3.05) is 5.32 Å². The van der Waals surface area contributed by atoms with E-state index in [0.29, 0.717) is 11.3 Å². The fourth-order valence-corrected chi connectivity index (χ4v) is 4.03. The van der Waals surface area contributed by atoms with Crippen LogP contribution in [0.4, 0.5) is 11.4 Å². The highest BCUT2D eigenvalue weighted by atomic mass is 16.6. The number of hydrogen-bond donors (Lipinski definition) is 6. The van der Waals surface area contributed by atoms with E-state index in [-0.39, 0.29) is 30.2 Å². The molecule has 0 fully saturated rings. The number of non-ortho nitro benzene ring substituents is 1. The molecule has 0 heterocycles. The lowest BCUT2D eigenvalue weighted by Crippen LogP contribution is -2.58. The third-order valence-electron chi connectivity index (χ3n) is 6.46. The fourth-order valence-electron chi connectivity index (χ4n) is 4.03. The molecule has 2 aromatic carbocycles. The van der Waals surface area contributed by atoms with Gasteiger partial charge in [-0.3, -0.25) is 34.1 Å². The predicted molar refractivity (Wildman–Crippen MR) is 158 cm³/mol. The summed E-state index contributed by atoms with van der Waals surface area (Å²) in [6.45, 7) is 7.78. The summed E-state index contributed by atoms with van der Waals surface area (Å²) < 4.78 is 0. The topological polar surface area (TPSA) is 209 Å². The zero-order chi connectivity index (χ0) is 32.3. The van der Waals surface area contributed by atoms with Crippen molar-refractivity contribution in [2.45, 2.75) is 71.6 Å². The highest BCUT2D eigenvalue weighted by Gasteiger charge is 2.31. The zero-order valence-electron chi connectivity index (χ0n) is 24.7. The van der Waals surface area contributed by atoms with E-state index in [1.165, 1.54) is 50.2 Å². The van der Waals surface area contributed by atoms with Crippen LogP contribution in [0.25, 0.3) is 0 Å². The number of benzene rings is 2. The van der Waals surface area contributed by atoms with Gasteiger partial charge < -0.3 is 31.7 Å². The van der Waals surface area contributed by atoms with Gasteiger partial charge >= 0.3 is 0 Å². The summed E-state index contributed by atoms with van der Waals surface area (Å²) in [6, 6.07) is 7.27. The first-order valence-corrected chi connectivity index (χ1v) is 13.7. The average molecular weight is 599 g/mol. The van der Waals surface area contributed by atoms with Crippen molar-refractivity contribution in [1.29, 1.82) is 0 Å². The molecule has 14 nitrogen and oxygen atoms in total. The van der Waals surface area contributed by atoms with Gasteiger partial charge in [0, 0.05) is 31.2 Å². The first-order chi connectivity index (χ1) is 20.2. The lowest BCUT2D eigenvalue weighted by molar-refractivity contribution is -0.384. The van der Waals surface area contributed by atoms with Crippen LogP contribution in [0.15, 0.2) is 48.5 Å². The van der Waals surface area contributed by atoms with Gasteiger partial charge in [-0.1, -0.05) is 32.9 Å². The Balaban J connectivity index is 2.02. The third-order valence-corrected chi connectivity index (χ3v) is 6.46. The first kappa shape index (κ1) is 34.2. The summed E-state index contributed by atoms with van der Waals surface area (Å²) in [5.41, 5.74) is 0.843. The van der Waals surface area contributed by atoms with Gasteiger partial charge in [-0.25, -0.2) is 0 Å². The van der Waals surface area contributed by atoms with Gasteiger partial charge in [-0.05, 0) is 49.1 Å². The van der Waals surface area contributed by atoms with E-state index in [1.807, 2.05) is 0 Å². The van der Waals surface area contributed by atoms with Crippen molar-refractivity contribution in [3.63, 3.8) is 0 Å². The zero-order valence-corrected chi connectivity index (χ0v) is 24.7. The van der Waals surface area contributed by atoms with Crippen molar-refractivity contribution in [3.05, 3.63) is 64.2 Å². The van der Waals surface area contributed by atoms with E-state index < -0.39 is 58.6 Å². The molecule has 0 bridgehead atoms. The number of nitro groups is 1. The number of nitrogens with zero attached hydrogens (tertiary/aromatic N) is 1. The van der Waals surface area contributed by atoms with Gasteiger partial charge in [-0.15, -0.1) is 0 Å². The van der Waals surface area contributed by atoms with Crippen molar-refractivity contribution >= 4 is 40.9 Å². The summed E-state index contributed by atoms with van der Waals surface area (Å²) in [7, 11) is 0. The van der Waals surface area contributed by atoms with Gasteiger partial charge in [0.1, 0.15) is 29.9 Å². The molecule has 0 saturated carbocycles. The van der Waals surface area contributed by atoms with E-state index in [0.717, 1.165) is 0 Å². The molecule has 4 atom stereocenters. The molecule has 14 heteroatoms. The molecule has 5 amide bonds. The second kappa shape index (κ2) is 15.8. The summed E-state index contributed by atoms with van der Waals surface area (Å²) in [5.74, 6) is -3.22. The number of phenolic OH excluding ortho intramolecular Hbond substituents is 1. The molecule has 0 radical (unpaired) electrons. The van der Waals surface area contributed by atoms with Crippen LogP contribution >= 0.6 is 0 Å². The molecule has 2 rings (SSSR count). The molecular weight excluding hydrogens is 560 g/mol. The average Bonchev–Trinajstić information content (AvgIpc) is 2.94. The normalized spacial score (nSPS) is 13.5. The Bertz CT molecular complexity index is 1310. The van der Waals surface area contributed by atoms with Crippen LogP contribution in [-0.4, -0.2) is 63.7 Å². The molecule has 43 heavy (non-hydrogen) atoms. The Labute approximate surface area is 249 Å². The molecule has 0 saturated heterocycles. The number of carbonyl (C=O) groups excluding carboxylic acids is 5. The molecule has 4 unspecified atom stereocenters. The Kier molecular flexibility index (Phi) is 12.6. The third kappa shape index (κ3) is 10.7. The predicted octanol–water partition coefficient (Wildman–Crippen LogP) is 1.53. The lowest BCUT2D eigenvalue weighted by Gasteiger charge is -2.27. The van der Waals surface area contributed by atoms with E-state index >= 15 is 0 Å². The van der Waals surface area contributed by atoms with Crippen molar-refractivity contribution in [2.24, 2.45) is 5.92 Å². The molecule has 2 aromatic rings. The minimum Gasteiger partial charge on any atom is -0.508 e. The molecule has 232 valence electrons. The Hall–Kier alpha value is -5.01. The van der Waals surface area contributed by atoms with Crippen LogP contribution in [0.5, 0.6) is 5.75 Å². The molecule has 0 aliphatic rings. The maximum absolute atomic E-state index is 13.1. The van der Waals surface area contributed by atoms with Gasteiger partial charge in [0.25, 0.3) is 5.69 Å². The van der Waals surface area contributed by atoms with E-state index in [4.69, 9.17) is 0 Å². The molecular formula is C29H38N6O8. The van der Waals surface area contributed by atoms with Crippen LogP contribution in [0.3, 0.4) is 0 Å². The molecule has 0 spiro atoms. The minimum atomic E-state index is -1.07. The Morgan fingerprint density at radius 3 is 1.91 bits per heavy atom. The fraction of sp³-hybridized carbons (Fsp3) is 0.414. The maximum atomic E-state index is 13.1. The Morgan fingerprint density at radius 2 is 1.40 bits per heavy atom. The second-order valence-corrected chi connectivity index (χ2v) is 10.3. The van der Waals surface area contributed by atoms with Crippen molar-refractivity contribution < 1.29 is 34.0 Å². The number of hydrogen-bond acceptors (Lipinski definition) is 8. The van der Waals surface area contributed by atoms with E-state index in [2.05, 4.69) is 26.6 Å². The smallest absolute Gasteiger partial charge is 0.269 e. The molecule has 0 aliphatic carbocycles. The highest BCUT2D eigenvalue weighted by molar-refractivity contribution is 5.99. The second-order valence-electron chi connectivity index (χ2n) is 10.3. The summed E-state index contributed by atoms with van der Waals surface area (Å²) in [5, 5.41) is 33.3. The standard InChI is InChI=1S/C29H38N6O8/c1-6-23(27(39)32-20-9-11-21(12-10-20)35(42)43)33-26(38)17(4)30-29(41)25(16(2)3)34-28(40)24(31-18(5)36)15-19-7-13-22(37)14-8-19/h7-14,16-17,23-25,37H,6,15H2,1-5H3,(H,30,41)(H,31,36)(H,32,39)(H,33,38)(H,34,40). The SMILES string of the molecule is CCC(NC(=O)C(C)NC(=O)C(NC(=O)C(Cc1ccc(O)cc1)NC(C)=O)C(C)C)C(=O)Nc1ccc([N+](=O)[O-])cc1. The summed E-state index contributed by atoms with van der Waals surface area (Å²) in [6.07, 6.45) is 0.332. The Morgan fingerprint density at radius 1 is 0.791 bits per heavy atom. The molecule has 0 aromatic heterocycles. The first-order valence-electron chi connectivity index (χ1n) is 13.7. The number of nitrogens with one attached hydrogen (secondary N) is 5. The summed E-state index contributed by atoms with van der Waals surface area (Å²) in [4.78, 5) is 73.9. The van der Waals surface area contributed by atoms with Gasteiger partial charge in [0.15, 0.2) is 0 Å². The van der Waals surface area contributed by atoms with Crippen molar-refractivity contribution in [1.82, 2.24) is 21.3 Å². The number of amides is 5. The maximum Gasteiger partial charge on any atom is 0.269 e. The molecule has 6 N–H and O–H groups in total. The van der Waals surface area contributed by atoms with Crippen LogP contribution in [0.2, 0.25) is 0 Å². The van der Waals surface area contributed by atoms with Crippen LogP contribution < -0.4 is 26.6 Å². The number of nitro benzene ring substituents is 1. The highest BCUT2D eigenvalue weighted by Crippen LogP contribution is 2.16. The molecule has 0 aliphatic heterocycles.